The quantitative estimate of drug-likeness (QED) is 0.382. The van der Waals surface area contributed by atoms with Crippen molar-refractivity contribution >= 4 is 35.1 Å². The van der Waals surface area contributed by atoms with Gasteiger partial charge in [-0.15, -0.1) is 23.2 Å². The second-order valence-corrected chi connectivity index (χ2v) is 3.28. The number of hydrogen-bond acceptors (Lipinski definition) is 3. The third kappa shape index (κ3) is 4.22. The van der Waals surface area contributed by atoms with E-state index >= 15 is 0 Å². The molecular weight excluding hydrogens is 191 g/mol. The summed E-state index contributed by atoms with van der Waals surface area (Å²) in [6, 6.07) is 0. The normalized spacial score (nSPS) is 15.3. The van der Waals surface area contributed by atoms with Crippen molar-refractivity contribution in [3.63, 3.8) is 0 Å². The van der Waals surface area contributed by atoms with Crippen LogP contribution in [0.4, 0.5) is 0 Å². The molecule has 3 nitrogen and oxygen atoms in total. The summed E-state index contributed by atoms with van der Waals surface area (Å²) in [6.45, 7) is 2.83. The molecule has 0 aromatic heterocycles. The summed E-state index contributed by atoms with van der Waals surface area (Å²) >= 11 is 10.6. The van der Waals surface area contributed by atoms with Gasteiger partial charge in [0, 0.05) is 0 Å². The zero-order chi connectivity index (χ0) is 9.02. The van der Waals surface area contributed by atoms with Crippen LogP contribution in [0.25, 0.3) is 0 Å². The van der Waals surface area contributed by atoms with Gasteiger partial charge in [0.2, 0.25) is 0 Å². The molecule has 11 heavy (non-hydrogen) atoms. The fourth-order valence-electron chi connectivity index (χ4n) is 0.262. The molecule has 0 aliphatic heterocycles. The van der Waals surface area contributed by atoms with Crippen LogP contribution in [0, 0.1) is 0 Å². The smallest absolute Gasteiger partial charge is 0.331 e. The molecule has 0 spiro atoms. The Kier molecular flexibility index (Phi) is 4.45. The summed E-state index contributed by atoms with van der Waals surface area (Å²) in [7, 11) is 0. The van der Waals surface area contributed by atoms with Crippen LogP contribution < -0.4 is 0 Å². The Morgan fingerprint density at radius 1 is 1.09 bits per heavy atom. The van der Waals surface area contributed by atoms with Gasteiger partial charge in [0.15, 0.2) is 0 Å². The molecule has 2 atom stereocenters. The molecule has 5 heteroatoms. The second kappa shape index (κ2) is 4.57. The number of carbonyl (C=O) groups excluding carboxylic acids is 2. The van der Waals surface area contributed by atoms with Crippen LogP contribution >= 0.6 is 23.2 Å². The Morgan fingerprint density at radius 2 is 1.36 bits per heavy atom. The van der Waals surface area contributed by atoms with Gasteiger partial charge < -0.3 is 4.74 Å². The van der Waals surface area contributed by atoms with E-state index in [2.05, 4.69) is 4.74 Å². The minimum Gasteiger partial charge on any atom is -0.391 e. The molecule has 0 aliphatic carbocycles. The summed E-state index contributed by atoms with van der Waals surface area (Å²) in [5.74, 6) is -1.55. The van der Waals surface area contributed by atoms with E-state index in [0.29, 0.717) is 0 Å². The van der Waals surface area contributed by atoms with Crippen LogP contribution in [0.1, 0.15) is 13.8 Å². The average Bonchev–Trinajstić information content (AvgIpc) is 1.87. The number of ether oxygens (including phenoxy) is 1. The molecule has 0 aromatic rings. The fourth-order valence-corrected chi connectivity index (χ4v) is 0.351. The summed E-state index contributed by atoms with van der Waals surface area (Å²) in [4.78, 5) is 21.2. The van der Waals surface area contributed by atoms with E-state index in [1.165, 1.54) is 13.8 Å². The van der Waals surface area contributed by atoms with E-state index in [9.17, 15) is 9.59 Å². The van der Waals surface area contributed by atoms with Crippen molar-refractivity contribution in [2.45, 2.75) is 24.6 Å². The van der Waals surface area contributed by atoms with Crippen molar-refractivity contribution in [3.8, 4) is 0 Å². The lowest BCUT2D eigenvalue weighted by Crippen LogP contribution is -2.23. The summed E-state index contributed by atoms with van der Waals surface area (Å²) in [5, 5.41) is -1.65. The molecule has 0 N–H and O–H groups in total. The molecule has 0 saturated carbocycles. The Hall–Kier alpha value is -0.280. The van der Waals surface area contributed by atoms with Crippen molar-refractivity contribution in [3.05, 3.63) is 0 Å². The largest absolute Gasteiger partial charge is 0.391 e. The van der Waals surface area contributed by atoms with Gasteiger partial charge >= 0.3 is 11.9 Å². The summed E-state index contributed by atoms with van der Waals surface area (Å²) < 4.78 is 4.23. The first-order valence-corrected chi connectivity index (χ1v) is 3.86. The molecule has 0 aliphatic rings. The molecule has 0 radical (unpaired) electrons. The van der Waals surface area contributed by atoms with Gasteiger partial charge in [-0.1, -0.05) is 0 Å². The topological polar surface area (TPSA) is 43.4 Å². The van der Waals surface area contributed by atoms with E-state index in [1.54, 1.807) is 0 Å². The van der Waals surface area contributed by atoms with Crippen molar-refractivity contribution in [1.29, 1.82) is 0 Å². The Balaban J connectivity index is 3.86. The van der Waals surface area contributed by atoms with Crippen molar-refractivity contribution in [2.24, 2.45) is 0 Å². The lowest BCUT2D eigenvalue weighted by atomic mass is 10.4. The molecule has 0 rings (SSSR count). The zero-order valence-corrected chi connectivity index (χ0v) is 7.65. The standard InChI is InChI=1S/C6H8Cl2O3/c1-3(7)5(9)11-6(10)4(2)8/h3-4H,1-2H3. The summed E-state index contributed by atoms with van der Waals surface area (Å²) in [5.41, 5.74) is 0. The maximum absolute atomic E-state index is 10.6. The van der Waals surface area contributed by atoms with Crippen LogP contribution in [-0.4, -0.2) is 22.7 Å². The van der Waals surface area contributed by atoms with Gasteiger partial charge in [0.1, 0.15) is 10.8 Å². The third-order valence-corrected chi connectivity index (χ3v) is 1.21. The lowest BCUT2D eigenvalue weighted by Gasteiger charge is -2.04. The van der Waals surface area contributed by atoms with Gasteiger partial charge in [-0.25, -0.2) is 9.59 Å². The predicted molar refractivity (Wildman–Crippen MR) is 41.7 cm³/mol. The number of halogens is 2. The maximum atomic E-state index is 10.6. The molecule has 2 unspecified atom stereocenters. The van der Waals surface area contributed by atoms with Gasteiger partial charge in [-0.3, -0.25) is 0 Å². The monoisotopic (exact) mass is 198 g/mol. The van der Waals surface area contributed by atoms with Gasteiger partial charge in [0.05, 0.1) is 0 Å². The minimum atomic E-state index is -0.825. The molecule has 0 amide bonds. The van der Waals surface area contributed by atoms with Gasteiger partial charge in [-0.05, 0) is 13.8 Å². The highest BCUT2D eigenvalue weighted by molar-refractivity contribution is 6.32. The molecule has 0 saturated heterocycles. The van der Waals surface area contributed by atoms with Crippen LogP contribution in [0.2, 0.25) is 0 Å². The maximum Gasteiger partial charge on any atom is 0.331 e. The molecule has 0 aromatic carbocycles. The first kappa shape index (κ1) is 10.7. The molecule has 64 valence electrons. The van der Waals surface area contributed by atoms with E-state index < -0.39 is 22.7 Å². The van der Waals surface area contributed by atoms with Crippen LogP contribution in [0.15, 0.2) is 0 Å². The van der Waals surface area contributed by atoms with Crippen molar-refractivity contribution in [1.82, 2.24) is 0 Å². The Labute approximate surface area is 74.6 Å². The van der Waals surface area contributed by atoms with E-state index in [1.807, 2.05) is 0 Å². The molecule has 0 heterocycles. The van der Waals surface area contributed by atoms with Crippen LogP contribution in [-0.2, 0) is 14.3 Å². The first-order valence-electron chi connectivity index (χ1n) is 2.98. The fraction of sp³-hybridized carbons (Fsp3) is 0.667. The molecular formula is C6H8Cl2O3. The van der Waals surface area contributed by atoms with E-state index in [0.717, 1.165) is 0 Å². The summed E-state index contributed by atoms with van der Waals surface area (Å²) in [6.07, 6.45) is 0. The van der Waals surface area contributed by atoms with Crippen LogP contribution in [0.5, 0.6) is 0 Å². The first-order chi connectivity index (χ1) is 4.95. The Morgan fingerprint density at radius 3 is 1.55 bits per heavy atom. The zero-order valence-electron chi connectivity index (χ0n) is 6.14. The number of rotatable bonds is 2. The Bertz CT molecular complexity index is 147. The minimum absolute atomic E-state index is 0.774. The highest BCUT2D eigenvalue weighted by Gasteiger charge is 2.18. The van der Waals surface area contributed by atoms with Gasteiger partial charge in [0.25, 0.3) is 0 Å². The predicted octanol–water partition coefficient (Wildman–Crippen LogP) is 1.31. The molecule has 0 fully saturated rings. The highest BCUT2D eigenvalue weighted by Crippen LogP contribution is 2.01. The number of alkyl halides is 2. The third-order valence-electron chi connectivity index (χ3n) is 0.851. The highest BCUT2D eigenvalue weighted by atomic mass is 35.5. The van der Waals surface area contributed by atoms with E-state index in [-0.39, 0.29) is 0 Å². The van der Waals surface area contributed by atoms with Crippen molar-refractivity contribution in [2.75, 3.05) is 0 Å². The van der Waals surface area contributed by atoms with E-state index in [4.69, 9.17) is 23.2 Å². The van der Waals surface area contributed by atoms with Crippen LogP contribution in [0.3, 0.4) is 0 Å². The SMILES string of the molecule is CC(Cl)C(=O)OC(=O)C(C)Cl. The lowest BCUT2D eigenvalue weighted by molar-refractivity contribution is -0.158. The number of carbonyl (C=O) groups is 2. The second-order valence-electron chi connectivity index (χ2n) is 1.97. The average molecular weight is 199 g/mol. The molecule has 0 bridgehead atoms. The van der Waals surface area contributed by atoms with Gasteiger partial charge in [-0.2, -0.15) is 0 Å². The number of hydrogen-bond donors (Lipinski definition) is 0. The van der Waals surface area contributed by atoms with Crippen molar-refractivity contribution < 1.29 is 14.3 Å². The number of esters is 2.